The number of piperidine rings is 1. The number of nitrogens with zero attached hydrogens (tertiary/aromatic N) is 2. The van der Waals surface area contributed by atoms with E-state index in [4.69, 9.17) is 0 Å². The number of halogens is 1. The summed E-state index contributed by atoms with van der Waals surface area (Å²) in [6, 6.07) is 9.06. The normalized spacial score (nSPS) is 23.4. The molecule has 2 heterocycles. The molecule has 1 amide bonds. The zero-order valence-electron chi connectivity index (χ0n) is 14.1. The lowest BCUT2D eigenvalue weighted by molar-refractivity contribution is 0.0908. The predicted molar refractivity (Wildman–Crippen MR) is 92.6 cm³/mol. The first kappa shape index (κ1) is 16.3. The number of nitrogens with one attached hydrogen (secondary N) is 2. The highest BCUT2D eigenvalue weighted by Gasteiger charge is 2.26. The van der Waals surface area contributed by atoms with E-state index in [0.717, 1.165) is 44.2 Å². The number of amides is 1. The van der Waals surface area contributed by atoms with Crippen LogP contribution in [0.4, 0.5) is 4.39 Å². The molecule has 1 saturated heterocycles. The second kappa shape index (κ2) is 6.96. The van der Waals surface area contributed by atoms with Crippen LogP contribution >= 0.6 is 0 Å². The molecule has 2 aliphatic rings. The van der Waals surface area contributed by atoms with Crippen molar-refractivity contribution in [2.75, 3.05) is 6.54 Å². The molecule has 2 fully saturated rings. The summed E-state index contributed by atoms with van der Waals surface area (Å²) in [6.07, 6.45) is 6.90. The quantitative estimate of drug-likeness (QED) is 0.878. The fourth-order valence-electron chi connectivity index (χ4n) is 3.44. The van der Waals surface area contributed by atoms with Gasteiger partial charge in [-0.05, 0) is 61.8 Å². The molecule has 1 aliphatic heterocycles. The molecule has 2 aromatic rings. The number of aromatic nitrogens is 2. The molecule has 2 atom stereocenters. The highest BCUT2D eigenvalue weighted by molar-refractivity contribution is 5.92. The van der Waals surface area contributed by atoms with Crippen molar-refractivity contribution in [2.24, 2.45) is 5.92 Å². The first-order valence-corrected chi connectivity index (χ1v) is 9.01. The number of rotatable bonds is 5. The molecule has 4 rings (SSSR count). The van der Waals surface area contributed by atoms with Crippen molar-refractivity contribution in [3.63, 3.8) is 0 Å². The Hall–Kier alpha value is -2.21. The van der Waals surface area contributed by atoms with Crippen molar-refractivity contribution in [1.29, 1.82) is 0 Å². The van der Waals surface area contributed by atoms with Gasteiger partial charge in [0.1, 0.15) is 11.5 Å². The lowest BCUT2D eigenvalue weighted by Crippen LogP contribution is -2.50. The van der Waals surface area contributed by atoms with Gasteiger partial charge in [-0.2, -0.15) is 5.10 Å². The van der Waals surface area contributed by atoms with Crippen molar-refractivity contribution in [3.8, 4) is 0 Å². The highest BCUT2D eigenvalue weighted by atomic mass is 19.1. The van der Waals surface area contributed by atoms with Crippen LogP contribution in [-0.4, -0.2) is 28.4 Å². The zero-order chi connectivity index (χ0) is 17.2. The first-order valence-electron chi connectivity index (χ1n) is 9.01. The van der Waals surface area contributed by atoms with E-state index in [-0.39, 0.29) is 17.9 Å². The number of benzene rings is 1. The second-order valence-corrected chi connectivity index (χ2v) is 7.12. The van der Waals surface area contributed by atoms with Crippen LogP contribution in [0.25, 0.3) is 0 Å². The predicted octanol–water partition coefficient (Wildman–Crippen LogP) is 2.66. The van der Waals surface area contributed by atoms with Crippen molar-refractivity contribution in [3.05, 3.63) is 53.6 Å². The average molecular weight is 342 g/mol. The van der Waals surface area contributed by atoms with Gasteiger partial charge in [0.2, 0.25) is 0 Å². The standard InChI is InChI=1S/C19H23FN4O/c20-15-3-1-2-13(11-15)10-14-4-7-18(21-12-14)22-19(25)17-8-9-24(23-17)16-5-6-16/h1-3,8-9,11,14,16,18,21H,4-7,10,12H2,(H,22,25). The number of carbonyl (C=O) groups excluding carboxylic acids is 1. The Morgan fingerprint density at radius 3 is 2.88 bits per heavy atom. The minimum atomic E-state index is -0.183. The van der Waals surface area contributed by atoms with E-state index < -0.39 is 0 Å². The van der Waals surface area contributed by atoms with Crippen LogP contribution < -0.4 is 10.6 Å². The third-order valence-electron chi connectivity index (χ3n) is 5.00. The van der Waals surface area contributed by atoms with Crippen LogP contribution in [0.2, 0.25) is 0 Å². The summed E-state index contributed by atoms with van der Waals surface area (Å²) in [7, 11) is 0. The molecule has 6 heteroatoms. The van der Waals surface area contributed by atoms with E-state index in [2.05, 4.69) is 15.7 Å². The molecule has 1 aromatic heterocycles. The highest BCUT2D eigenvalue weighted by Crippen LogP contribution is 2.33. The lowest BCUT2D eigenvalue weighted by atomic mass is 9.91. The molecule has 1 saturated carbocycles. The van der Waals surface area contributed by atoms with Gasteiger partial charge in [0, 0.05) is 12.7 Å². The van der Waals surface area contributed by atoms with Gasteiger partial charge in [-0.25, -0.2) is 4.39 Å². The van der Waals surface area contributed by atoms with E-state index in [0.29, 0.717) is 17.7 Å². The van der Waals surface area contributed by atoms with E-state index in [9.17, 15) is 9.18 Å². The summed E-state index contributed by atoms with van der Waals surface area (Å²) < 4.78 is 15.2. The minimum Gasteiger partial charge on any atom is -0.335 e. The van der Waals surface area contributed by atoms with Crippen molar-refractivity contribution in [1.82, 2.24) is 20.4 Å². The topological polar surface area (TPSA) is 59.0 Å². The van der Waals surface area contributed by atoms with Gasteiger partial charge in [0.25, 0.3) is 5.91 Å². The largest absolute Gasteiger partial charge is 0.335 e. The Bertz CT molecular complexity index is 747. The van der Waals surface area contributed by atoms with Crippen LogP contribution in [0.15, 0.2) is 36.5 Å². The van der Waals surface area contributed by atoms with Gasteiger partial charge in [-0.15, -0.1) is 0 Å². The molecule has 132 valence electrons. The van der Waals surface area contributed by atoms with Crippen LogP contribution in [0.5, 0.6) is 0 Å². The first-order chi connectivity index (χ1) is 12.2. The fraction of sp³-hybridized carbons (Fsp3) is 0.474. The molecule has 0 bridgehead atoms. The third kappa shape index (κ3) is 4.07. The SMILES string of the molecule is O=C(NC1CCC(Cc2cccc(F)c2)CN1)c1ccn(C2CC2)n1. The molecule has 0 spiro atoms. The number of hydrogen-bond acceptors (Lipinski definition) is 3. The fourth-order valence-corrected chi connectivity index (χ4v) is 3.44. The summed E-state index contributed by atoms with van der Waals surface area (Å²) >= 11 is 0. The Morgan fingerprint density at radius 1 is 1.28 bits per heavy atom. The molecule has 1 aromatic carbocycles. The lowest BCUT2D eigenvalue weighted by Gasteiger charge is -2.30. The van der Waals surface area contributed by atoms with E-state index in [1.54, 1.807) is 18.2 Å². The molecule has 2 unspecified atom stereocenters. The van der Waals surface area contributed by atoms with Crippen LogP contribution in [0, 0.1) is 11.7 Å². The number of carbonyl (C=O) groups is 1. The Morgan fingerprint density at radius 2 is 2.16 bits per heavy atom. The van der Waals surface area contributed by atoms with Gasteiger partial charge in [-0.1, -0.05) is 12.1 Å². The molecular formula is C19H23FN4O. The van der Waals surface area contributed by atoms with Gasteiger partial charge in [0.05, 0.1) is 12.2 Å². The van der Waals surface area contributed by atoms with E-state index >= 15 is 0 Å². The maximum atomic E-state index is 13.3. The molecule has 0 radical (unpaired) electrons. The molecule has 5 nitrogen and oxygen atoms in total. The minimum absolute atomic E-state index is 0.0256. The number of hydrogen-bond donors (Lipinski definition) is 2. The summed E-state index contributed by atoms with van der Waals surface area (Å²) in [5, 5.41) is 10.8. The summed E-state index contributed by atoms with van der Waals surface area (Å²) in [6.45, 7) is 0.817. The average Bonchev–Trinajstić information content (AvgIpc) is 3.33. The van der Waals surface area contributed by atoms with Crippen molar-refractivity contribution >= 4 is 5.91 Å². The van der Waals surface area contributed by atoms with Crippen molar-refractivity contribution in [2.45, 2.75) is 44.3 Å². The smallest absolute Gasteiger partial charge is 0.272 e. The van der Waals surface area contributed by atoms with Gasteiger partial charge >= 0.3 is 0 Å². The molecule has 1 aliphatic carbocycles. The van der Waals surface area contributed by atoms with E-state index in [1.807, 2.05) is 16.9 Å². The monoisotopic (exact) mass is 342 g/mol. The molecule has 25 heavy (non-hydrogen) atoms. The summed E-state index contributed by atoms with van der Waals surface area (Å²) in [4.78, 5) is 12.3. The molecular weight excluding hydrogens is 319 g/mol. The Labute approximate surface area is 146 Å². The van der Waals surface area contributed by atoms with Crippen LogP contribution in [-0.2, 0) is 6.42 Å². The molecule has 2 N–H and O–H groups in total. The Kier molecular flexibility index (Phi) is 4.53. The van der Waals surface area contributed by atoms with Crippen molar-refractivity contribution < 1.29 is 9.18 Å². The maximum absolute atomic E-state index is 13.3. The van der Waals surface area contributed by atoms with Gasteiger partial charge in [0.15, 0.2) is 0 Å². The third-order valence-corrected chi connectivity index (χ3v) is 5.00. The van der Waals surface area contributed by atoms with E-state index in [1.165, 1.54) is 6.07 Å². The zero-order valence-corrected chi connectivity index (χ0v) is 14.1. The summed E-state index contributed by atoms with van der Waals surface area (Å²) in [5.74, 6) is 0.154. The van der Waals surface area contributed by atoms with Crippen LogP contribution in [0.1, 0.15) is 47.8 Å². The van der Waals surface area contributed by atoms with Crippen LogP contribution in [0.3, 0.4) is 0 Å². The second-order valence-electron chi connectivity index (χ2n) is 7.12. The van der Waals surface area contributed by atoms with Gasteiger partial charge < -0.3 is 5.32 Å². The summed E-state index contributed by atoms with van der Waals surface area (Å²) in [5.41, 5.74) is 1.51. The Balaban J connectivity index is 1.26. The van der Waals surface area contributed by atoms with Gasteiger partial charge in [-0.3, -0.25) is 14.8 Å². The maximum Gasteiger partial charge on any atom is 0.272 e.